The summed E-state index contributed by atoms with van der Waals surface area (Å²) in [5.74, 6) is 0.325. The normalized spacial score (nSPS) is 22.4. The molecule has 4 heteroatoms. The Morgan fingerprint density at radius 2 is 2.37 bits per heavy atom. The van der Waals surface area contributed by atoms with Crippen LogP contribution in [0.15, 0.2) is 18.3 Å². The maximum absolute atomic E-state index is 5.91. The third-order valence-corrected chi connectivity index (χ3v) is 3.75. The van der Waals surface area contributed by atoms with E-state index in [1.54, 1.807) is 7.11 Å². The fourth-order valence-electron chi connectivity index (χ4n) is 2.40. The van der Waals surface area contributed by atoms with Crippen LogP contribution in [-0.4, -0.2) is 55.9 Å². The van der Waals surface area contributed by atoms with Gasteiger partial charge in [-0.1, -0.05) is 13.0 Å². The van der Waals surface area contributed by atoms with Crippen molar-refractivity contribution < 1.29 is 9.47 Å². The lowest BCUT2D eigenvalue weighted by molar-refractivity contribution is -0.0445. The maximum atomic E-state index is 5.91. The SMILES string of the molecule is COCCN1CCOC(C(C)c2ccc(C)cn2)C1. The minimum Gasteiger partial charge on any atom is -0.383 e. The van der Waals surface area contributed by atoms with Crippen LogP contribution in [0.2, 0.25) is 0 Å². The molecule has 0 radical (unpaired) electrons. The smallest absolute Gasteiger partial charge is 0.0783 e. The van der Waals surface area contributed by atoms with Crippen LogP contribution in [0.4, 0.5) is 0 Å². The van der Waals surface area contributed by atoms with Gasteiger partial charge >= 0.3 is 0 Å². The molecule has 1 saturated heterocycles. The van der Waals surface area contributed by atoms with Crippen molar-refractivity contribution in [2.75, 3.05) is 40.0 Å². The molecule has 2 rings (SSSR count). The number of aryl methyl sites for hydroxylation is 1. The maximum Gasteiger partial charge on any atom is 0.0783 e. The first-order valence-electron chi connectivity index (χ1n) is 6.96. The third kappa shape index (κ3) is 4.00. The summed E-state index contributed by atoms with van der Waals surface area (Å²) in [6, 6.07) is 4.22. The largest absolute Gasteiger partial charge is 0.383 e. The van der Waals surface area contributed by atoms with Crippen LogP contribution in [0, 0.1) is 6.92 Å². The highest BCUT2D eigenvalue weighted by atomic mass is 16.5. The van der Waals surface area contributed by atoms with Crippen molar-refractivity contribution in [3.8, 4) is 0 Å². The van der Waals surface area contributed by atoms with E-state index in [1.165, 1.54) is 5.56 Å². The molecule has 0 spiro atoms. The van der Waals surface area contributed by atoms with Crippen LogP contribution in [0.25, 0.3) is 0 Å². The predicted octanol–water partition coefficient (Wildman–Crippen LogP) is 1.84. The number of methoxy groups -OCH3 is 1. The molecule has 19 heavy (non-hydrogen) atoms. The van der Waals surface area contributed by atoms with Gasteiger partial charge in [0.05, 0.1) is 19.3 Å². The molecule has 2 unspecified atom stereocenters. The number of aromatic nitrogens is 1. The van der Waals surface area contributed by atoms with Crippen LogP contribution in [-0.2, 0) is 9.47 Å². The van der Waals surface area contributed by atoms with Gasteiger partial charge in [0.2, 0.25) is 0 Å². The van der Waals surface area contributed by atoms with Gasteiger partial charge in [0.15, 0.2) is 0 Å². The zero-order valence-electron chi connectivity index (χ0n) is 12.1. The van der Waals surface area contributed by atoms with Gasteiger partial charge in [-0.3, -0.25) is 9.88 Å². The molecule has 1 aliphatic heterocycles. The minimum absolute atomic E-state index is 0.223. The highest BCUT2D eigenvalue weighted by Gasteiger charge is 2.26. The number of morpholine rings is 1. The molecule has 4 nitrogen and oxygen atoms in total. The lowest BCUT2D eigenvalue weighted by Crippen LogP contribution is -2.45. The summed E-state index contributed by atoms with van der Waals surface area (Å²) in [5.41, 5.74) is 2.31. The highest BCUT2D eigenvalue weighted by Crippen LogP contribution is 2.22. The van der Waals surface area contributed by atoms with E-state index in [4.69, 9.17) is 9.47 Å². The molecule has 0 saturated carbocycles. The van der Waals surface area contributed by atoms with E-state index in [0.29, 0.717) is 5.92 Å². The van der Waals surface area contributed by atoms with Crippen molar-refractivity contribution >= 4 is 0 Å². The van der Waals surface area contributed by atoms with Gasteiger partial charge in [0.25, 0.3) is 0 Å². The molecule has 1 aromatic rings. The summed E-state index contributed by atoms with van der Waals surface area (Å²) in [6.07, 6.45) is 2.15. The molecule has 1 aromatic heterocycles. The molecular weight excluding hydrogens is 240 g/mol. The van der Waals surface area contributed by atoms with Gasteiger partial charge in [-0.25, -0.2) is 0 Å². The molecule has 2 atom stereocenters. The van der Waals surface area contributed by atoms with Gasteiger partial charge in [0.1, 0.15) is 0 Å². The number of hydrogen-bond donors (Lipinski definition) is 0. The average molecular weight is 264 g/mol. The van der Waals surface area contributed by atoms with Gasteiger partial charge in [0, 0.05) is 44.6 Å². The average Bonchev–Trinajstić information content (AvgIpc) is 2.45. The number of pyridine rings is 1. The van der Waals surface area contributed by atoms with Crippen LogP contribution < -0.4 is 0 Å². The van der Waals surface area contributed by atoms with Crippen LogP contribution in [0.5, 0.6) is 0 Å². The van der Waals surface area contributed by atoms with E-state index >= 15 is 0 Å². The van der Waals surface area contributed by atoms with Crippen molar-refractivity contribution in [1.82, 2.24) is 9.88 Å². The Hall–Kier alpha value is -0.970. The van der Waals surface area contributed by atoms with Crippen molar-refractivity contribution in [1.29, 1.82) is 0 Å². The van der Waals surface area contributed by atoms with Gasteiger partial charge in [-0.2, -0.15) is 0 Å². The van der Waals surface area contributed by atoms with E-state index in [-0.39, 0.29) is 6.10 Å². The molecule has 2 heterocycles. The topological polar surface area (TPSA) is 34.6 Å². The zero-order chi connectivity index (χ0) is 13.7. The quantitative estimate of drug-likeness (QED) is 0.813. The minimum atomic E-state index is 0.223. The molecule has 1 fully saturated rings. The summed E-state index contributed by atoms with van der Waals surface area (Å²) < 4.78 is 11.1. The fraction of sp³-hybridized carbons (Fsp3) is 0.667. The Morgan fingerprint density at radius 1 is 1.53 bits per heavy atom. The van der Waals surface area contributed by atoms with Crippen LogP contribution in [0.3, 0.4) is 0 Å². The van der Waals surface area contributed by atoms with E-state index in [2.05, 4.69) is 35.9 Å². The van der Waals surface area contributed by atoms with E-state index in [1.807, 2.05) is 6.20 Å². The first-order valence-corrected chi connectivity index (χ1v) is 6.96. The van der Waals surface area contributed by atoms with E-state index < -0.39 is 0 Å². The summed E-state index contributed by atoms with van der Waals surface area (Å²) in [4.78, 5) is 6.92. The number of nitrogens with zero attached hydrogens (tertiary/aromatic N) is 2. The summed E-state index contributed by atoms with van der Waals surface area (Å²) in [5, 5.41) is 0. The predicted molar refractivity (Wildman–Crippen MR) is 75.4 cm³/mol. The summed E-state index contributed by atoms with van der Waals surface area (Å²) in [7, 11) is 1.75. The summed E-state index contributed by atoms with van der Waals surface area (Å²) in [6.45, 7) is 8.76. The Kier molecular flexibility index (Phi) is 5.31. The van der Waals surface area contributed by atoms with Crippen LogP contribution in [0.1, 0.15) is 24.1 Å². The second kappa shape index (κ2) is 6.98. The molecule has 0 amide bonds. The Morgan fingerprint density at radius 3 is 3.05 bits per heavy atom. The molecular formula is C15H24N2O2. The van der Waals surface area contributed by atoms with Gasteiger partial charge in [-0.05, 0) is 18.6 Å². The van der Waals surface area contributed by atoms with Crippen molar-refractivity contribution in [2.45, 2.75) is 25.9 Å². The summed E-state index contributed by atoms with van der Waals surface area (Å²) >= 11 is 0. The number of ether oxygens (including phenoxy) is 2. The first kappa shape index (κ1) is 14.4. The fourth-order valence-corrected chi connectivity index (χ4v) is 2.40. The second-order valence-electron chi connectivity index (χ2n) is 5.25. The van der Waals surface area contributed by atoms with Gasteiger partial charge < -0.3 is 9.47 Å². The lowest BCUT2D eigenvalue weighted by atomic mass is 9.98. The Bertz CT molecular complexity index is 380. The van der Waals surface area contributed by atoms with Crippen molar-refractivity contribution in [3.05, 3.63) is 29.6 Å². The molecule has 0 N–H and O–H groups in total. The Balaban J connectivity index is 1.94. The molecule has 1 aliphatic rings. The van der Waals surface area contributed by atoms with Crippen LogP contribution >= 0.6 is 0 Å². The Labute approximate surface area is 115 Å². The molecule has 0 aliphatic carbocycles. The molecule has 0 aromatic carbocycles. The van der Waals surface area contributed by atoms with Crippen molar-refractivity contribution in [3.63, 3.8) is 0 Å². The van der Waals surface area contributed by atoms with Crippen molar-refractivity contribution in [2.24, 2.45) is 0 Å². The second-order valence-corrected chi connectivity index (χ2v) is 5.25. The number of rotatable bonds is 5. The monoisotopic (exact) mass is 264 g/mol. The zero-order valence-corrected chi connectivity index (χ0v) is 12.1. The number of hydrogen-bond acceptors (Lipinski definition) is 4. The lowest BCUT2D eigenvalue weighted by Gasteiger charge is -2.35. The third-order valence-electron chi connectivity index (χ3n) is 3.75. The first-order chi connectivity index (χ1) is 9.20. The molecule has 106 valence electrons. The van der Waals surface area contributed by atoms with E-state index in [0.717, 1.165) is 38.5 Å². The van der Waals surface area contributed by atoms with E-state index in [9.17, 15) is 0 Å². The molecule has 0 bridgehead atoms. The highest BCUT2D eigenvalue weighted by molar-refractivity contribution is 5.16. The standard InChI is InChI=1S/C15H24N2O2/c1-12-4-5-14(16-10-12)13(2)15-11-17(6-8-18-3)7-9-19-15/h4-5,10,13,15H,6-9,11H2,1-3H3. The van der Waals surface area contributed by atoms with Gasteiger partial charge in [-0.15, -0.1) is 0 Å².